The van der Waals surface area contributed by atoms with Crippen molar-refractivity contribution in [1.29, 1.82) is 0 Å². The molecule has 3 rings (SSSR count). The van der Waals surface area contributed by atoms with Crippen molar-refractivity contribution in [3.05, 3.63) is 0 Å². The molecule has 3 fully saturated rings. The van der Waals surface area contributed by atoms with Crippen molar-refractivity contribution in [3.63, 3.8) is 0 Å². The molecule has 2 nitrogen and oxygen atoms in total. The molecule has 0 aromatic rings. The van der Waals surface area contributed by atoms with Gasteiger partial charge in [-0.25, -0.2) is 0 Å². The Bertz CT molecular complexity index is 271. The molecule has 1 aliphatic carbocycles. The van der Waals surface area contributed by atoms with Gasteiger partial charge in [0.2, 0.25) is 0 Å². The molecule has 0 radical (unpaired) electrons. The minimum Gasteiger partial charge on any atom is -0.309 e. The number of hydrogen-bond acceptors (Lipinski definition) is 3. The molecule has 0 spiro atoms. The summed E-state index contributed by atoms with van der Waals surface area (Å²) in [5, 5.41) is 4.93. The minimum absolute atomic E-state index is 0.792. The Morgan fingerprint density at radius 1 is 0.889 bits per heavy atom. The lowest BCUT2D eigenvalue weighted by molar-refractivity contribution is 0.173. The molecule has 3 heteroatoms. The summed E-state index contributed by atoms with van der Waals surface area (Å²) in [6.45, 7) is 2.71. The van der Waals surface area contributed by atoms with Gasteiger partial charge < -0.3 is 5.32 Å². The highest BCUT2D eigenvalue weighted by Crippen LogP contribution is 2.31. The monoisotopic (exact) mass is 268 g/mol. The van der Waals surface area contributed by atoms with Crippen LogP contribution in [0.15, 0.2) is 0 Å². The summed E-state index contributed by atoms with van der Waals surface area (Å²) >= 11 is 2.09. The van der Waals surface area contributed by atoms with Crippen LogP contribution in [0.5, 0.6) is 0 Å². The van der Waals surface area contributed by atoms with E-state index in [4.69, 9.17) is 0 Å². The first-order chi connectivity index (χ1) is 8.88. The van der Waals surface area contributed by atoms with Crippen LogP contribution < -0.4 is 5.32 Å². The van der Waals surface area contributed by atoms with Gasteiger partial charge in [-0.1, -0.05) is 19.3 Å². The maximum absolute atomic E-state index is 4.06. The summed E-state index contributed by atoms with van der Waals surface area (Å²) in [5.41, 5.74) is 0. The van der Waals surface area contributed by atoms with E-state index in [2.05, 4.69) is 28.2 Å². The van der Waals surface area contributed by atoms with Crippen molar-refractivity contribution in [1.82, 2.24) is 10.2 Å². The van der Waals surface area contributed by atoms with Crippen LogP contribution >= 0.6 is 11.8 Å². The fourth-order valence-corrected chi connectivity index (χ4v) is 5.23. The van der Waals surface area contributed by atoms with Crippen molar-refractivity contribution in [2.24, 2.45) is 0 Å². The van der Waals surface area contributed by atoms with E-state index in [1.165, 1.54) is 64.5 Å². The third-order valence-electron chi connectivity index (χ3n) is 5.29. The number of nitrogens with zero attached hydrogens (tertiary/aromatic N) is 1. The zero-order chi connectivity index (χ0) is 12.4. The van der Waals surface area contributed by atoms with E-state index in [-0.39, 0.29) is 0 Å². The van der Waals surface area contributed by atoms with Crippen LogP contribution in [0, 0.1) is 0 Å². The Balaban J connectivity index is 1.58. The lowest BCUT2D eigenvalue weighted by Gasteiger charge is -2.37. The van der Waals surface area contributed by atoms with Gasteiger partial charge in [-0.3, -0.25) is 4.90 Å². The Morgan fingerprint density at radius 2 is 1.72 bits per heavy atom. The first-order valence-electron chi connectivity index (χ1n) is 7.91. The maximum Gasteiger partial charge on any atom is 0.0249 e. The molecule has 2 saturated heterocycles. The Hall–Kier alpha value is 0.270. The summed E-state index contributed by atoms with van der Waals surface area (Å²) in [5.74, 6) is 0. The molecule has 18 heavy (non-hydrogen) atoms. The van der Waals surface area contributed by atoms with Crippen LogP contribution in [0.2, 0.25) is 0 Å². The van der Waals surface area contributed by atoms with E-state index in [1.54, 1.807) is 0 Å². The van der Waals surface area contributed by atoms with E-state index in [1.807, 2.05) is 0 Å². The Morgan fingerprint density at radius 3 is 2.61 bits per heavy atom. The number of fused-ring (bicyclic) bond motifs is 1. The lowest BCUT2D eigenvalue weighted by Crippen LogP contribution is -2.51. The number of thioether (sulfide) groups is 1. The highest BCUT2D eigenvalue weighted by atomic mass is 32.2. The van der Waals surface area contributed by atoms with E-state index in [0.29, 0.717) is 0 Å². The summed E-state index contributed by atoms with van der Waals surface area (Å²) in [4.78, 5) is 2.75. The molecule has 0 aromatic carbocycles. The van der Waals surface area contributed by atoms with Gasteiger partial charge in [0, 0.05) is 29.9 Å². The van der Waals surface area contributed by atoms with Crippen molar-refractivity contribution in [2.75, 3.05) is 19.3 Å². The van der Waals surface area contributed by atoms with Gasteiger partial charge >= 0.3 is 0 Å². The largest absolute Gasteiger partial charge is 0.309 e. The SMILES string of the molecule is CSC1CCCCC1NC1CCN2CCCCC12. The van der Waals surface area contributed by atoms with Crippen molar-refractivity contribution < 1.29 is 0 Å². The first-order valence-corrected chi connectivity index (χ1v) is 9.20. The second-order valence-corrected chi connectivity index (χ2v) is 7.40. The van der Waals surface area contributed by atoms with E-state index in [0.717, 1.165) is 23.4 Å². The third kappa shape index (κ3) is 2.73. The van der Waals surface area contributed by atoms with Gasteiger partial charge in [-0.2, -0.15) is 11.8 Å². The molecule has 0 amide bonds. The number of nitrogens with one attached hydrogen (secondary N) is 1. The Kier molecular flexibility index (Phi) is 4.53. The van der Waals surface area contributed by atoms with Crippen LogP contribution in [0.4, 0.5) is 0 Å². The van der Waals surface area contributed by atoms with Crippen molar-refractivity contribution >= 4 is 11.8 Å². The zero-order valence-electron chi connectivity index (χ0n) is 11.7. The predicted octanol–water partition coefficient (Wildman–Crippen LogP) is 2.88. The third-order valence-corrected chi connectivity index (χ3v) is 6.46. The average molecular weight is 268 g/mol. The number of hydrogen-bond donors (Lipinski definition) is 1. The number of piperidine rings is 1. The van der Waals surface area contributed by atoms with E-state index >= 15 is 0 Å². The van der Waals surface area contributed by atoms with Gasteiger partial charge in [-0.05, 0) is 44.9 Å². The molecule has 2 heterocycles. The summed E-state index contributed by atoms with van der Waals surface area (Å²) < 4.78 is 0. The highest BCUT2D eigenvalue weighted by molar-refractivity contribution is 7.99. The molecule has 1 saturated carbocycles. The summed E-state index contributed by atoms with van der Waals surface area (Å²) in [6, 6.07) is 2.45. The quantitative estimate of drug-likeness (QED) is 0.847. The molecule has 4 atom stereocenters. The molecule has 0 bridgehead atoms. The highest BCUT2D eigenvalue weighted by Gasteiger charge is 2.37. The summed E-state index contributed by atoms with van der Waals surface area (Å²) in [6.07, 6.45) is 13.7. The molecule has 1 N–H and O–H groups in total. The second-order valence-electron chi connectivity index (χ2n) is 6.33. The normalized spacial score (nSPS) is 41.8. The van der Waals surface area contributed by atoms with Gasteiger partial charge in [0.1, 0.15) is 0 Å². The van der Waals surface area contributed by atoms with Crippen LogP contribution in [-0.2, 0) is 0 Å². The van der Waals surface area contributed by atoms with Crippen molar-refractivity contribution in [2.45, 2.75) is 74.7 Å². The fraction of sp³-hybridized carbons (Fsp3) is 1.00. The number of rotatable bonds is 3. The topological polar surface area (TPSA) is 15.3 Å². The standard InChI is InChI=1S/C15H28N2S/c1-18-15-8-3-2-6-13(15)16-12-9-11-17-10-5-4-7-14(12)17/h12-16H,2-11H2,1H3. The van der Waals surface area contributed by atoms with Crippen LogP contribution in [-0.4, -0.2) is 47.6 Å². The van der Waals surface area contributed by atoms with Crippen LogP contribution in [0.25, 0.3) is 0 Å². The van der Waals surface area contributed by atoms with Gasteiger partial charge in [-0.15, -0.1) is 0 Å². The zero-order valence-corrected chi connectivity index (χ0v) is 12.6. The molecular formula is C15H28N2S. The smallest absolute Gasteiger partial charge is 0.0249 e. The van der Waals surface area contributed by atoms with E-state index < -0.39 is 0 Å². The molecule has 104 valence electrons. The maximum atomic E-state index is 4.06. The van der Waals surface area contributed by atoms with Crippen LogP contribution in [0.3, 0.4) is 0 Å². The molecular weight excluding hydrogens is 240 g/mol. The van der Waals surface area contributed by atoms with Gasteiger partial charge in [0.15, 0.2) is 0 Å². The van der Waals surface area contributed by atoms with Gasteiger partial charge in [0.05, 0.1) is 0 Å². The first kappa shape index (κ1) is 13.3. The molecule has 3 aliphatic rings. The fourth-order valence-electron chi connectivity index (χ4n) is 4.29. The predicted molar refractivity (Wildman–Crippen MR) is 80.3 cm³/mol. The minimum atomic E-state index is 0.792. The molecule has 0 aromatic heterocycles. The van der Waals surface area contributed by atoms with E-state index in [9.17, 15) is 0 Å². The summed E-state index contributed by atoms with van der Waals surface area (Å²) in [7, 11) is 0. The lowest BCUT2D eigenvalue weighted by atomic mass is 9.92. The van der Waals surface area contributed by atoms with Crippen LogP contribution in [0.1, 0.15) is 51.4 Å². The average Bonchev–Trinajstić information content (AvgIpc) is 2.83. The molecule has 4 unspecified atom stereocenters. The second kappa shape index (κ2) is 6.15. The Labute approximate surface area is 116 Å². The molecule has 2 aliphatic heterocycles. The van der Waals surface area contributed by atoms with Gasteiger partial charge in [0.25, 0.3) is 0 Å². The van der Waals surface area contributed by atoms with Crippen molar-refractivity contribution in [3.8, 4) is 0 Å².